The van der Waals surface area contributed by atoms with Gasteiger partial charge in [-0.1, -0.05) is 12.1 Å². The van der Waals surface area contributed by atoms with Crippen molar-refractivity contribution in [3.63, 3.8) is 0 Å². The number of aryl methyl sites for hydroxylation is 1. The number of hydrogen-bond donors (Lipinski definition) is 1. The molecule has 1 amide bonds. The second-order valence-electron chi connectivity index (χ2n) is 7.09. The highest BCUT2D eigenvalue weighted by atomic mass is 16.5. The van der Waals surface area contributed by atoms with Crippen molar-refractivity contribution in [2.45, 2.75) is 38.7 Å². The maximum atomic E-state index is 12.8. The molecule has 2 aromatic carbocycles. The van der Waals surface area contributed by atoms with E-state index in [0.717, 1.165) is 31.2 Å². The molecule has 0 saturated heterocycles. The number of carbonyl (C=O) groups is 3. The van der Waals surface area contributed by atoms with Gasteiger partial charge in [0.15, 0.2) is 6.10 Å². The number of ether oxygens (including phenoxy) is 3. The van der Waals surface area contributed by atoms with Crippen molar-refractivity contribution in [3.8, 4) is 5.75 Å². The quantitative estimate of drug-likeness (QED) is 0.731. The van der Waals surface area contributed by atoms with Gasteiger partial charge in [0.05, 0.1) is 31.0 Å². The molecule has 0 aliphatic heterocycles. The fourth-order valence-electron chi connectivity index (χ4n) is 3.52. The molecule has 0 spiro atoms. The van der Waals surface area contributed by atoms with E-state index >= 15 is 0 Å². The summed E-state index contributed by atoms with van der Waals surface area (Å²) in [4.78, 5) is 36.7. The number of rotatable bonds is 6. The molecule has 3 rings (SSSR count). The van der Waals surface area contributed by atoms with E-state index in [9.17, 15) is 14.4 Å². The minimum Gasteiger partial charge on any atom is -0.481 e. The van der Waals surface area contributed by atoms with Gasteiger partial charge in [-0.3, -0.25) is 4.79 Å². The number of amides is 1. The number of nitrogens with one attached hydrogen (secondary N) is 1. The summed E-state index contributed by atoms with van der Waals surface area (Å²) in [6.45, 7) is 1.64. The van der Waals surface area contributed by atoms with Crippen LogP contribution in [0, 0.1) is 0 Å². The number of methoxy groups -OCH3 is 2. The molecule has 0 aromatic heterocycles. The van der Waals surface area contributed by atoms with Gasteiger partial charge < -0.3 is 19.5 Å². The zero-order valence-electron chi connectivity index (χ0n) is 17.3. The lowest BCUT2D eigenvalue weighted by Gasteiger charge is -2.22. The van der Waals surface area contributed by atoms with Gasteiger partial charge in [-0.2, -0.15) is 0 Å². The molecule has 158 valence electrons. The van der Waals surface area contributed by atoms with Gasteiger partial charge in [-0.15, -0.1) is 0 Å². The van der Waals surface area contributed by atoms with Crippen LogP contribution in [0.2, 0.25) is 0 Å². The molecule has 0 heterocycles. The molecule has 0 fully saturated rings. The Labute approximate surface area is 175 Å². The minimum absolute atomic E-state index is 0.128. The Morgan fingerprint density at radius 3 is 2.43 bits per heavy atom. The third-order valence-corrected chi connectivity index (χ3v) is 5.13. The lowest BCUT2D eigenvalue weighted by atomic mass is 9.91. The molecule has 1 N–H and O–H groups in total. The molecule has 1 aliphatic carbocycles. The molecule has 1 aliphatic rings. The molecule has 0 bridgehead atoms. The molecule has 7 nitrogen and oxygen atoms in total. The van der Waals surface area contributed by atoms with Crippen LogP contribution < -0.4 is 10.1 Å². The second-order valence-corrected chi connectivity index (χ2v) is 7.09. The predicted molar refractivity (Wildman–Crippen MR) is 111 cm³/mol. The fraction of sp³-hybridized carbons (Fsp3) is 0.348. The van der Waals surface area contributed by atoms with Crippen molar-refractivity contribution in [1.82, 2.24) is 0 Å². The zero-order chi connectivity index (χ0) is 21.7. The van der Waals surface area contributed by atoms with Crippen molar-refractivity contribution in [3.05, 3.63) is 58.7 Å². The van der Waals surface area contributed by atoms with Gasteiger partial charge in [-0.25, -0.2) is 9.59 Å². The summed E-state index contributed by atoms with van der Waals surface area (Å²) in [5.41, 5.74) is 2.88. The van der Waals surface area contributed by atoms with Crippen molar-refractivity contribution >= 4 is 23.5 Å². The first-order valence-electron chi connectivity index (χ1n) is 9.83. The number of hydrogen-bond acceptors (Lipinski definition) is 6. The smallest absolute Gasteiger partial charge is 0.339 e. The van der Waals surface area contributed by atoms with Crippen LogP contribution in [0.4, 0.5) is 5.69 Å². The van der Waals surface area contributed by atoms with Crippen LogP contribution in [-0.4, -0.2) is 38.2 Å². The van der Waals surface area contributed by atoms with Crippen LogP contribution in [0.15, 0.2) is 36.4 Å². The van der Waals surface area contributed by atoms with Crippen molar-refractivity contribution in [2.75, 3.05) is 19.5 Å². The highest BCUT2D eigenvalue weighted by Gasteiger charge is 2.22. The lowest BCUT2D eigenvalue weighted by molar-refractivity contribution is -0.122. The van der Waals surface area contributed by atoms with Gasteiger partial charge in [-0.05, 0) is 68.0 Å². The van der Waals surface area contributed by atoms with Crippen molar-refractivity contribution in [2.24, 2.45) is 0 Å². The molecular weight excluding hydrogens is 386 g/mol. The van der Waals surface area contributed by atoms with Gasteiger partial charge in [0.2, 0.25) is 0 Å². The SMILES string of the molecule is COC(=O)c1ccc(C(=O)OC)c(NC(=O)[C@@H](C)Oc2cccc3c2CCCC3)c1. The van der Waals surface area contributed by atoms with E-state index in [0.29, 0.717) is 5.75 Å². The van der Waals surface area contributed by atoms with Gasteiger partial charge in [0, 0.05) is 0 Å². The van der Waals surface area contributed by atoms with Crippen molar-refractivity contribution in [1.29, 1.82) is 0 Å². The lowest BCUT2D eigenvalue weighted by Crippen LogP contribution is -2.31. The van der Waals surface area contributed by atoms with Crippen LogP contribution in [0.5, 0.6) is 5.75 Å². The Morgan fingerprint density at radius 1 is 0.967 bits per heavy atom. The predicted octanol–water partition coefficient (Wildman–Crippen LogP) is 3.54. The van der Waals surface area contributed by atoms with Crippen LogP contribution in [0.25, 0.3) is 0 Å². The first kappa shape index (κ1) is 21.4. The second kappa shape index (κ2) is 9.43. The van der Waals surface area contributed by atoms with Crippen LogP contribution in [0.3, 0.4) is 0 Å². The van der Waals surface area contributed by atoms with Crippen molar-refractivity contribution < 1.29 is 28.6 Å². The molecule has 0 radical (unpaired) electrons. The highest BCUT2D eigenvalue weighted by Crippen LogP contribution is 2.30. The number of esters is 2. The van der Waals surface area contributed by atoms with Crippen LogP contribution >= 0.6 is 0 Å². The zero-order valence-corrected chi connectivity index (χ0v) is 17.3. The normalized spacial score (nSPS) is 13.6. The van der Waals surface area contributed by atoms with Gasteiger partial charge in [0.25, 0.3) is 5.91 Å². The maximum Gasteiger partial charge on any atom is 0.339 e. The Kier molecular flexibility index (Phi) is 6.72. The van der Waals surface area contributed by atoms with E-state index in [1.165, 1.54) is 38.0 Å². The minimum atomic E-state index is -0.814. The van der Waals surface area contributed by atoms with E-state index in [1.807, 2.05) is 12.1 Å². The van der Waals surface area contributed by atoms with E-state index in [4.69, 9.17) is 14.2 Å². The molecule has 0 saturated carbocycles. The number of benzene rings is 2. The topological polar surface area (TPSA) is 90.9 Å². The van der Waals surface area contributed by atoms with E-state index in [-0.39, 0.29) is 16.8 Å². The Hall–Kier alpha value is -3.35. The van der Waals surface area contributed by atoms with Crippen LogP contribution in [-0.2, 0) is 27.1 Å². The molecule has 7 heteroatoms. The summed E-state index contributed by atoms with van der Waals surface area (Å²) >= 11 is 0. The monoisotopic (exact) mass is 411 g/mol. The molecule has 30 heavy (non-hydrogen) atoms. The molecular formula is C23H25NO6. The third-order valence-electron chi connectivity index (χ3n) is 5.13. The summed E-state index contributed by atoms with van der Waals surface area (Å²) in [6, 6.07) is 10.1. The first-order valence-corrected chi connectivity index (χ1v) is 9.83. The average Bonchev–Trinajstić information content (AvgIpc) is 2.78. The Morgan fingerprint density at radius 2 is 1.70 bits per heavy atom. The Bertz CT molecular complexity index is 968. The van der Waals surface area contributed by atoms with E-state index in [2.05, 4.69) is 11.4 Å². The van der Waals surface area contributed by atoms with E-state index < -0.39 is 23.9 Å². The van der Waals surface area contributed by atoms with Gasteiger partial charge >= 0.3 is 11.9 Å². The number of anilines is 1. The maximum absolute atomic E-state index is 12.8. The van der Waals surface area contributed by atoms with Crippen LogP contribution in [0.1, 0.15) is 51.6 Å². The molecule has 0 unspecified atom stereocenters. The summed E-state index contributed by atoms with van der Waals surface area (Å²) in [5, 5.41) is 2.67. The Balaban J connectivity index is 1.81. The fourth-order valence-corrected chi connectivity index (χ4v) is 3.52. The standard InChI is InChI=1S/C23H25NO6/c1-14(30-20-10-6-8-15-7-4-5-9-17(15)20)21(25)24-19-13-16(22(26)28-2)11-12-18(19)23(27)29-3/h6,8,10-14H,4-5,7,9H2,1-3H3,(H,24,25)/t14-/m1/s1. The average molecular weight is 411 g/mol. The summed E-state index contributed by atoms with van der Waals surface area (Å²) in [5.74, 6) is -0.962. The summed E-state index contributed by atoms with van der Waals surface area (Å²) < 4.78 is 15.4. The third kappa shape index (κ3) is 4.62. The van der Waals surface area contributed by atoms with Gasteiger partial charge in [0.1, 0.15) is 5.75 Å². The summed E-state index contributed by atoms with van der Waals surface area (Å²) in [7, 11) is 2.50. The first-order chi connectivity index (χ1) is 14.4. The number of fused-ring (bicyclic) bond motifs is 1. The molecule has 1 atom stereocenters. The molecule has 2 aromatic rings. The van der Waals surface area contributed by atoms with E-state index in [1.54, 1.807) is 6.92 Å². The summed E-state index contributed by atoms with van der Waals surface area (Å²) in [6.07, 6.45) is 3.37. The highest BCUT2D eigenvalue weighted by molar-refractivity contribution is 6.04. The number of carbonyl (C=O) groups excluding carboxylic acids is 3. The largest absolute Gasteiger partial charge is 0.481 e.